The van der Waals surface area contributed by atoms with Crippen LogP contribution in [0.3, 0.4) is 0 Å². The molecule has 0 heterocycles. The molecule has 110 valence electrons. The Bertz CT molecular complexity index is 596. The lowest BCUT2D eigenvalue weighted by molar-refractivity contribution is 0.429. The van der Waals surface area contributed by atoms with Gasteiger partial charge in [-0.3, -0.25) is 0 Å². The summed E-state index contributed by atoms with van der Waals surface area (Å²) in [6, 6.07) is 7.51. The largest absolute Gasteiger partial charge is 0.384 e. The molecule has 7 heteroatoms. The average Bonchev–Trinajstić information content (AvgIpc) is 2.37. The van der Waals surface area contributed by atoms with E-state index >= 15 is 0 Å². The molecule has 0 saturated carbocycles. The Morgan fingerprint density at radius 2 is 2.15 bits per heavy atom. The Hall–Kier alpha value is -1.10. The Morgan fingerprint density at radius 1 is 1.45 bits per heavy atom. The number of hydrogen-bond acceptors (Lipinski definition) is 4. The summed E-state index contributed by atoms with van der Waals surface area (Å²) < 4.78 is 25.2. The van der Waals surface area contributed by atoms with Gasteiger partial charge in [-0.05, 0) is 24.6 Å². The monoisotopic (exact) mass is 359 g/mol. The molecular formula is C13H18BrN3O2S. The van der Waals surface area contributed by atoms with Crippen molar-refractivity contribution in [2.24, 2.45) is 0 Å². The van der Waals surface area contributed by atoms with E-state index in [9.17, 15) is 8.42 Å². The van der Waals surface area contributed by atoms with Gasteiger partial charge < -0.3 is 5.32 Å². The number of rotatable bonds is 7. The summed E-state index contributed by atoms with van der Waals surface area (Å²) in [5.41, 5.74) is 1.33. The molecule has 0 unspecified atom stereocenters. The van der Waals surface area contributed by atoms with Gasteiger partial charge >= 0.3 is 0 Å². The molecule has 20 heavy (non-hydrogen) atoms. The summed E-state index contributed by atoms with van der Waals surface area (Å²) >= 11 is 3.36. The first-order valence-corrected chi connectivity index (χ1v) is 8.91. The Morgan fingerprint density at radius 3 is 2.70 bits per heavy atom. The molecule has 1 aromatic rings. The average molecular weight is 360 g/mol. The molecule has 1 aromatic carbocycles. The molecule has 0 radical (unpaired) electrons. The minimum Gasteiger partial charge on any atom is -0.384 e. The second-order valence-corrected chi connectivity index (χ2v) is 7.23. The first-order chi connectivity index (χ1) is 9.38. The van der Waals surface area contributed by atoms with E-state index < -0.39 is 10.0 Å². The number of nitrogens with one attached hydrogen (secondary N) is 1. The van der Waals surface area contributed by atoms with Crippen LogP contribution >= 0.6 is 15.9 Å². The second-order valence-electron chi connectivity index (χ2n) is 4.34. The molecule has 0 aliphatic carbocycles. The Labute approximate surface area is 128 Å². The van der Waals surface area contributed by atoms with Gasteiger partial charge in [0.25, 0.3) is 0 Å². The number of sulfonamides is 1. The summed E-state index contributed by atoms with van der Waals surface area (Å²) in [7, 11) is -3.13. The van der Waals surface area contributed by atoms with Crippen LogP contribution < -0.4 is 5.32 Å². The maximum Gasteiger partial charge on any atom is 0.211 e. The zero-order chi connectivity index (χ0) is 15.2. The van der Waals surface area contributed by atoms with Crippen LogP contribution in [0.15, 0.2) is 22.7 Å². The standard InChI is InChI=1S/C13H18BrN3O2S/c1-3-17(20(2,18)19)8-4-7-16-13-9-12(14)6-5-11(13)10-15/h5-6,9,16H,3-4,7-8H2,1-2H3. The minimum atomic E-state index is -3.13. The minimum absolute atomic E-state index is 0.470. The van der Waals surface area contributed by atoms with Crippen molar-refractivity contribution in [2.45, 2.75) is 13.3 Å². The SMILES string of the molecule is CCN(CCCNc1cc(Br)ccc1C#N)S(C)(=O)=O. The highest BCUT2D eigenvalue weighted by atomic mass is 79.9. The van der Waals surface area contributed by atoms with Crippen molar-refractivity contribution in [3.8, 4) is 6.07 Å². The van der Waals surface area contributed by atoms with E-state index in [2.05, 4.69) is 27.3 Å². The van der Waals surface area contributed by atoms with Crippen LogP contribution in [-0.4, -0.2) is 38.6 Å². The number of hydrogen-bond donors (Lipinski definition) is 1. The van der Waals surface area contributed by atoms with E-state index in [1.165, 1.54) is 10.6 Å². The molecule has 0 aliphatic rings. The lowest BCUT2D eigenvalue weighted by Crippen LogP contribution is -2.31. The second kappa shape index (κ2) is 7.62. The van der Waals surface area contributed by atoms with Crippen LogP contribution in [0.1, 0.15) is 18.9 Å². The predicted octanol–water partition coefficient (Wildman–Crippen LogP) is 2.40. The third-order valence-electron chi connectivity index (χ3n) is 2.82. The molecule has 0 aromatic heterocycles. The molecule has 0 bridgehead atoms. The van der Waals surface area contributed by atoms with Crippen LogP contribution in [0.4, 0.5) is 5.69 Å². The van der Waals surface area contributed by atoms with Crippen LogP contribution in [0.2, 0.25) is 0 Å². The van der Waals surface area contributed by atoms with Gasteiger partial charge in [0, 0.05) is 24.1 Å². The zero-order valence-corrected chi connectivity index (χ0v) is 14.0. The number of nitriles is 1. The molecule has 0 amide bonds. The highest BCUT2D eigenvalue weighted by molar-refractivity contribution is 9.10. The number of nitrogens with zero attached hydrogens (tertiary/aromatic N) is 2. The van der Waals surface area contributed by atoms with E-state index in [1.54, 1.807) is 6.07 Å². The fraction of sp³-hybridized carbons (Fsp3) is 0.462. The summed E-state index contributed by atoms with van der Waals surface area (Å²) in [5, 5.41) is 12.2. The molecule has 0 fully saturated rings. The molecule has 0 saturated heterocycles. The lowest BCUT2D eigenvalue weighted by atomic mass is 10.2. The van der Waals surface area contributed by atoms with E-state index in [4.69, 9.17) is 5.26 Å². The smallest absolute Gasteiger partial charge is 0.211 e. The Balaban J connectivity index is 2.54. The number of halogens is 1. The first kappa shape index (κ1) is 17.0. The summed E-state index contributed by atoms with van der Waals surface area (Å²) in [6.45, 7) is 3.37. The highest BCUT2D eigenvalue weighted by Crippen LogP contribution is 2.20. The topological polar surface area (TPSA) is 73.2 Å². The molecule has 0 atom stereocenters. The number of anilines is 1. The van der Waals surface area contributed by atoms with Crippen LogP contribution in [-0.2, 0) is 10.0 Å². The van der Waals surface area contributed by atoms with Gasteiger partial charge in [0.05, 0.1) is 17.5 Å². The molecule has 0 spiro atoms. The maximum atomic E-state index is 11.4. The first-order valence-electron chi connectivity index (χ1n) is 6.27. The van der Waals surface area contributed by atoms with E-state index in [0.29, 0.717) is 31.6 Å². The predicted molar refractivity (Wildman–Crippen MR) is 84.1 cm³/mol. The molecule has 5 nitrogen and oxygen atoms in total. The number of benzene rings is 1. The van der Waals surface area contributed by atoms with E-state index in [0.717, 1.165) is 10.2 Å². The van der Waals surface area contributed by atoms with Crippen LogP contribution in [0.25, 0.3) is 0 Å². The van der Waals surface area contributed by atoms with Crippen LogP contribution in [0, 0.1) is 11.3 Å². The van der Waals surface area contributed by atoms with Gasteiger partial charge in [0.15, 0.2) is 0 Å². The lowest BCUT2D eigenvalue weighted by Gasteiger charge is -2.18. The van der Waals surface area contributed by atoms with Crippen molar-refractivity contribution in [1.29, 1.82) is 5.26 Å². The van der Waals surface area contributed by atoms with Gasteiger partial charge in [-0.15, -0.1) is 0 Å². The molecule has 1 N–H and O–H groups in total. The van der Waals surface area contributed by atoms with Gasteiger partial charge in [-0.25, -0.2) is 12.7 Å². The summed E-state index contributed by atoms with van der Waals surface area (Å²) in [4.78, 5) is 0. The quantitative estimate of drug-likeness (QED) is 0.758. The summed E-state index contributed by atoms with van der Waals surface area (Å²) in [6.07, 6.45) is 1.89. The Kier molecular flexibility index (Phi) is 6.46. The van der Waals surface area contributed by atoms with Crippen molar-refractivity contribution < 1.29 is 8.42 Å². The van der Waals surface area contributed by atoms with Crippen molar-refractivity contribution in [3.63, 3.8) is 0 Å². The fourth-order valence-electron chi connectivity index (χ4n) is 1.80. The molecule has 0 aliphatic heterocycles. The van der Waals surface area contributed by atoms with E-state index in [-0.39, 0.29) is 0 Å². The van der Waals surface area contributed by atoms with Crippen LogP contribution in [0.5, 0.6) is 0 Å². The van der Waals surface area contributed by atoms with Gasteiger partial charge in [0.1, 0.15) is 6.07 Å². The third-order valence-corrected chi connectivity index (χ3v) is 4.70. The molecule has 1 rings (SSSR count). The van der Waals surface area contributed by atoms with Crippen molar-refractivity contribution in [2.75, 3.05) is 31.2 Å². The maximum absolute atomic E-state index is 11.4. The molecular weight excluding hydrogens is 342 g/mol. The van der Waals surface area contributed by atoms with E-state index in [1.807, 2.05) is 19.1 Å². The van der Waals surface area contributed by atoms with Gasteiger partial charge in [-0.1, -0.05) is 22.9 Å². The van der Waals surface area contributed by atoms with Gasteiger partial charge in [-0.2, -0.15) is 5.26 Å². The fourth-order valence-corrected chi connectivity index (χ4v) is 3.09. The van der Waals surface area contributed by atoms with Crippen molar-refractivity contribution in [1.82, 2.24) is 4.31 Å². The van der Waals surface area contributed by atoms with Crippen molar-refractivity contribution >= 4 is 31.6 Å². The van der Waals surface area contributed by atoms with Crippen molar-refractivity contribution in [3.05, 3.63) is 28.2 Å². The third kappa shape index (κ3) is 5.12. The normalized spacial score (nSPS) is 11.3. The zero-order valence-electron chi connectivity index (χ0n) is 11.6. The highest BCUT2D eigenvalue weighted by Gasteiger charge is 2.13. The van der Waals surface area contributed by atoms with Gasteiger partial charge in [0.2, 0.25) is 10.0 Å². The summed E-state index contributed by atoms with van der Waals surface area (Å²) in [5.74, 6) is 0.